The molecule has 0 bridgehead atoms. The van der Waals surface area contributed by atoms with E-state index in [1.807, 2.05) is 11.9 Å². The molecule has 2 saturated heterocycles. The number of carboxylic acids is 1. The number of carboxylic acid groups (broad SMARTS) is 1. The lowest BCUT2D eigenvalue weighted by molar-refractivity contribution is -0.192. The second-order valence-corrected chi connectivity index (χ2v) is 8.43. The molecule has 1 amide bonds. The minimum Gasteiger partial charge on any atom is -0.475 e. The summed E-state index contributed by atoms with van der Waals surface area (Å²) in [6.07, 6.45) is -1.43. The van der Waals surface area contributed by atoms with Crippen LogP contribution in [0, 0.1) is 5.92 Å². The quantitative estimate of drug-likeness (QED) is 0.755. The fourth-order valence-corrected chi connectivity index (χ4v) is 4.38. The van der Waals surface area contributed by atoms with Crippen molar-refractivity contribution in [3.8, 4) is 0 Å². The average molecular weight is 460 g/mol. The molecule has 2 aliphatic heterocycles. The molecule has 1 N–H and O–H groups in total. The fraction of sp³-hybridized carbons (Fsp3) is 0.526. The van der Waals surface area contributed by atoms with E-state index in [1.54, 1.807) is 28.4 Å². The Morgan fingerprint density at radius 2 is 2.06 bits per heavy atom. The summed E-state index contributed by atoms with van der Waals surface area (Å²) in [5.74, 6) is -2.32. The summed E-state index contributed by atoms with van der Waals surface area (Å²) in [5.41, 5.74) is 0.657. The molecule has 8 nitrogen and oxygen atoms in total. The van der Waals surface area contributed by atoms with Crippen molar-refractivity contribution in [1.82, 2.24) is 19.6 Å². The smallest absolute Gasteiger partial charge is 0.475 e. The topological polar surface area (TPSA) is 87.9 Å². The van der Waals surface area contributed by atoms with Crippen molar-refractivity contribution in [2.45, 2.75) is 18.8 Å². The van der Waals surface area contributed by atoms with E-state index in [4.69, 9.17) is 14.6 Å². The Kier molecular flexibility index (Phi) is 7.34. The van der Waals surface area contributed by atoms with E-state index in [0.717, 1.165) is 26.2 Å². The van der Waals surface area contributed by atoms with Crippen LogP contribution < -0.4 is 0 Å². The van der Waals surface area contributed by atoms with Gasteiger partial charge >= 0.3 is 12.1 Å². The molecule has 4 heterocycles. The summed E-state index contributed by atoms with van der Waals surface area (Å²) >= 11 is 1.80. The second-order valence-electron chi connectivity index (χ2n) is 7.40. The van der Waals surface area contributed by atoms with E-state index in [0.29, 0.717) is 24.6 Å². The highest BCUT2D eigenvalue weighted by atomic mass is 32.1. The summed E-state index contributed by atoms with van der Waals surface area (Å²) in [5, 5.41) is 13.4. The predicted octanol–water partition coefficient (Wildman–Crippen LogP) is 2.09. The highest BCUT2D eigenvalue weighted by Gasteiger charge is 2.39. The van der Waals surface area contributed by atoms with Gasteiger partial charge in [0.1, 0.15) is 0 Å². The van der Waals surface area contributed by atoms with Crippen molar-refractivity contribution >= 4 is 23.2 Å². The van der Waals surface area contributed by atoms with Crippen molar-refractivity contribution in [1.29, 1.82) is 0 Å². The Bertz CT molecular complexity index is 887. The molecule has 2 aliphatic rings. The van der Waals surface area contributed by atoms with Crippen molar-refractivity contribution in [2.75, 3.05) is 32.8 Å². The molecule has 2 fully saturated rings. The normalized spacial score (nSPS) is 21.7. The highest BCUT2D eigenvalue weighted by molar-refractivity contribution is 7.09. The molecule has 2 aromatic rings. The molecule has 4 rings (SSSR count). The maximum absolute atomic E-state index is 12.7. The third-order valence-electron chi connectivity index (χ3n) is 5.05. The Labute approximate surface area is 180 Å². The van der Waals surface area contributed by atoms with Gasteiger partial charge in [-0.25, -0.2) is 4.79 Å². The largest absolute Gasteiger partial charge is 0.490 e. The number of rotatable bonds is 3. The number of ether oxygens (including phenoxy) is 1. The number of alkyl halides is 3. The Morgan fingerprint density at radius 1 is 1.32 bits per heavy atom. The SMILES string of the molecule is Cn1cc(C(=O)N2CCO[C@@H]3CN(Cc4cccs4)C[C@@H]3C2)cn1.O=C(O)C(F)(F)F. The second kappa shape index (κ2) is 9.79. The number of carbonyl (C=O) groups is 2. The van der Waals surface area contributed by atoms with Crippen LogP contribution >= 0.6 is 11.3 Å². The van der Waals surface area contributed by atoms with Gasteiger partial charge in [0.15, 0.2) is 0 Å². The molecule has 0 spiro atoms. The molecule has 0 radical (unpaired) electrons. The van der Waals surface area contributed by atoms with E-state index in [-0.39, 0.29) is 12.0 Å². The Balaban J connectivity index is 0.000000339. The third kappa shape index (κ3) is 6.28. The number of carbonyl (C=O) groups excluding carboxylic acids is 1. The van der Waals surface area contributed by atoms with Gasteiger partial charge in [-0.05, 0) is 11.4 Å². The van der Waals surface area contributed by atoms with Gasteiger partial charge in [0, 0.05) is 56.8 Å². The number of nitrogens with zero attached hydrogens (tertiary/aromatic N) is 4. The minimum absolute atomic E-state index is 0.0593. The molecule has 0 aromatic carbocycles. The van der Waals surface area contributed by atoms with E-state index >= 15 is 0 Å². The maximum atomic E-state index is 12.7. The number of fused-ring (bicyclic) bond motifs is 1. The summed E-state index contributed by atoms with van der Waals surface area (Å²) in [6, 6.07) is 4.27. The van der Waals surface area contributed by atoms with Crippen molar-refractivity contribution in [3.05, 3.63) is 40.3 Å². The maximum Gasteiger partial charge on any atom is 0.490 e. The zero-order valence-corrected chi connectivity index (χ0v) is 17.6. The lowest BCUT2D eigenvalue weighted by Crippen LogP contribution is -2.37. The fourth-order valence-electron chi connectivity index (χ4n) is 3.63. The molecular formula is C19H23F3N4O4S. The summed E-state index contributed by atoms with van der Waals surface area (Å²) < 4.78 is 39.5. The van der Waals surface area contributed by atoms with Gasteiger partial charge in [0.25, 0.3) is 5.91 Å². The number of amides is 1. The van der Waals surface area contributed by atoms with Gasteiger partial charge in [-0.1, -0.05) is 6.07 Å². The van der Waals surface area contributed by atoms with Crippen LogP contribution in [0.5, 0.6) is 0 Å². The number of hydrogen-bond acceptors (Lipinski definition) is 6. The van der Waals surface area contributed by atoms with Crippen molar-refractivity contribution < 1.29 is 32.6 Å². The molecule has 0 unspecified atom stereocenters. The van der Waals surface area contributed by atoms with Gasteiger partial charge < -0.3 is 14.7 Å². The first kappa shape index (κ1) is 23.2. The molecule has 2 atom stereocenters. The first-order chi connectivity index (χ1) is 14.6. The van der Waals surface area contributed by atoms with E-state index in [2.05, 4.69) is 27.5 Å². The summed E-state index contributed by atoms with van der Waals surface area (Å²) in [6.45, 7) is 4.95. The third-order valence-corrected chi connectivity index (χ3v) is 5.91. The monoisotopic (exact) mass is 460 g/mol. The number of aryl methyl sites for hydroxylation is 1. The van der Waals surface area contributed by atoms with E-state index in [1.165, 1.54) is 4.88 Å². The summed E-state index contributed by atoms with van der Waals surface area (Å²) in [7, 11) is 1.83. The standard InChI is InChI=1S/C17H22N4O2S.C2HF3O2/c1-19-8-13(7-18-19)17(22)21-4-5-23-16-12-20(9-14(16)10-21)11-15-3-2-6-24-15;3-2(4,5)1(6)7/h2-3,6-8,14,16H,4-5,9-12H2,1H3;(H,6,7)/t14-,16-;/m1./s1. The number of likely N-dealkylation sites (tertiary alicyclic amines) is 1. The van der Waals surface area contributed by atoms with Crippen LogP contribution in [0.15, 0.2) is 29.9 Å². The van der Waals surface area contributed by atoms with Crippen LogP contribution in [0.25, 0.3) is 0 Å². The van der Waals surface area contributed by atoms with Crippen LogP contribution in [0.4, 0.5) is 13.2 Å². The molecule has 0 aliphatic carbocycles. The molecule has 12 heteroatoms. The van der Waals surface area contributed by atoms with Crippen LogP contribution in [-0.4, -0.2) is 81.6 Å². The van der Waals surface area contributed by atoms with E-state index < -0.39 is 12.1 Å². The zero-order chi connectivity index (χ0) is 22.6. The number of hydrogen-bond donors (Lipinski definition) is 1. The lowest BCUT2D eigenvalue weighted by atomic mass is 10.1. The minimum atomic E-state index is -5.08. The average Bonchev–Trinajstić information content (AvgIpc) is 3.41. The first-order valence-electron chi connectivity index (χ1n) is 9.58. The van der Waals surface area contributed by atoms with Gasteiger partial charge in [-0.2, -0.15) is 18.3 Å². The van der Waals surface area contributed by atoms with Crippen LogP contribution in [-0.2, 0) is 23.1 Å². The van der Waals surface area contributed by atoms with Gasteiger partial charge in [0.05, 0.1) is 24.5 Å². The lowest BCUT2D eigenvalue weighted by Gasteiger charge is -2.23. The number of aromatic nitrogens is 2. The van der Waals surface area contributed by atoms with Gasteiger partial charge in [0.2, 0.25) is 0 Å². The van der Waals surface area contributed by atoms with Crippen molar-refractivity contribution in [2.24, 2.45) is 13.0 Å². The summed E-state index contributed by atoms with van der Waals surface area (Å²) in [4.78, 5) is 27.3. The van der Waals surface area contributed by atoms with Crippen molar-refractivity contribution in [3.63, 3.8) is 0 Å². The number of thiophene rings is 1. The highest BCUT2D eigenvalue weighted by Crippen LogP contribution is 2.26. The number of aliphatic carboxylic acids is 1. The zero-order valence-electron chi connectivity index (χ0n) is 16.8. The van der Waals surface area contributed by atoms with Crippen LogP contribution in [0.1, 0.15) is 15.2 Å². The Hall–Kier alpha value is -2.44. The molecular weight excluding hydrogens is 437 g/mol. The van der Waals surface area contributed by atoms with Crippen LogP contribution in [0.3, 0.4) is 0 Å². The predicted molar refractivity (Wildman–Crippen MR) is 106 cm³/mol. The number of halogens is 3. The molecule has 31 heavy (non-hydrogen) atoms. The van der Waals surface area contributed by atoms with Gasteiger partial charge in [-0.15, -0.1) is 11.3 Å². The van der Waals surface area contributed by atoms with E-state index in [9.17, 15) is 18.0 Å². The Morgan fingerprint density at radius 3 is 2.65 bits per heavy atom. The molecule has 0 saturated carbocycles. The van der Waals surface area contributed by atoms with Crippen LogP contribution in [0.2, 0.25) is 0 Å². The molecule has 170 valence electrons. The first-order valence-corrected chi connectivity index (χ1v) is 10.5. The van der Waals surface area contributed by atoms with Gasteiger partial charge in [-0.3, -0.25) is 14.4 Å². The molecule has 2 aromatic heterocycles.